The van der Waals surface area contributed by atoms with Crippen LogP contribution in [0.4, 0.5) is 0 Å². The summed E-state index contributed by atoms with van der Waals surface area (Å²) in [5, 5.41) is 0. The zero-order valence-corrected chi connectivity index (χ0v) is 10.9. The molecule has 0 fully saturated rings. The van der Waals surface area contributed by atoms with E-state index in [1.54, 1.807) is 19.1 Å². The van der Waals surface area contributed by atoms with Gasteiger partial charge in [0.05, 0.1) is 6.61 Å². The Bertz CT molecular complexity index is 644. The predicted octanol–water partition coefficient (Wildman–Crippen LogP) is 2.14. The molecule has 0 saturated heterocycles. The predicted molar refractivity (Wildman–Crippen MR) is 70.7 cm³/mol. The molecule has 0 saturated carbocycles. The number of hydrogen-bond acceptors (Lipinski definition) is 6. The van der Waals surface area contributed by atoms with Crippen molar-refractivity contribution in [3.8, 4) is 5.75 Å². The first kappa shape index (κ1) is 13.8. The Morgan fingerprint density at radius 3 is 3.05 bits per heavy atom. The van der Waals surface area contributed by atoms with Crippen LogP contribution >= 0.6 is 0 Å². The van der Waals surface area contributed by atoms with Crippen LogP contribution in [0.25, 0.3) is 11.1 Å². The average Bonchev–Trinajstić information content (AvgIpc) is 2.91. The Hall–Kier alpha value is -2.63. The molecule has 2 aromatic rings. The molecule has 1 aromatic carbocycles. The lowest BCUT2D eigenvalue weighted by atomic mass is 10.2. The number of ether oxygens (including phenoxy) is 2. The fraction of sp³-hybridized carbons (Fsp3) is 0.214. The molecule has 0 aliphatic heterocycles. The lowest BCUT2D eigenvalue weighted by Gasteiger charge is -2.05. The van der Waals surface area contributed by atoms with E-state index < -0.39 is 5.97 Å². The molecule has 2 rings (SSSR count). The third-order valence-electron chi connectivity index (χ3n) is 2.49. The molecule has 20 heavy (non-hydrogen) atoms. The van der Waals surface area contributed by atoms with Crippen LogP contribution in [0.2, 0.25) is 0 Å². The van der Waals surface area contributed by atoms with Crippen molar-refractivity contribution in [1.82, 2.24) is 4.98 Å². The molecule has 0 N–H and O–H groups in total. The van der Waals surface area contributed by atoms with Gasteiger partial charge in [-0.1, -0.05) is 0 Å². The van der Waals surface area contributed by atoms with Gasteiger partial charge in [-0.05, 0) is 25.1 Å². The molecule has 1 heterocycles. The van der Waals surface area contributed by atoms with Gasteiger partial charge in [0, 0.05) is 6.08 Å². The van der Waals surface area contributed by atoms with E-state index in [2.05, 4.69) is 4.98 Å². The molecule has 1 aromatic heterocycles. The highest BCUT2D eigenvalue weighted by Gasteiger charge is 2.11. The van der Waals surface area contributed by atoms with Crippen LogP contribution in [0.15, 0.2) is 35.1 Å². The Labute approximate surface area is 115 Å². The number of aromatic nitrogens is 1. The molecule has 0 bridgehead atoms. The topological polar surface area (TPSA) is 78.6 Å². The summed E-state index contributed by atoms with van der Waals surface area (Å²) in [6.45, 7) is 2.19. The number of nitrogens with zero attached hydrogens (tertiary/aromatic N) is 1. The largest absolute Gasteiger partial charge is 0.489 e. The van der Waals surface area contributed by atoms with Crippen molar-refractivity contribution in [2.24, 2.45) is 0 Å². The molecule has 6 nitrogen and oxygen atoms in total. The molecule has 0 radical (unpaired) electrons. The van der Waals surface area contributed by atoms with Gasteiger partial charge in [0.25, 0.3) is 0 Å². The average molecular weight is 275 g/mol. The van der Waals surface area contributed by atoms with Crippen LogP contribution in [0, 0.1) is 0 Å². The molecule has 0 spiro atoms. The minimum Gasteiger partial charge on any atom is -0.489 e. The number of oxazole rings is 1. The number of benzene rings is 1. The van der Waals surface area contributed by atoms with Crippen LogP contribution in [0.1, 0.15) is 17.3 Å². The van der Waals surface area contributed by atoms with Gasteiger partial charge in [0.15, 0.2) is 18.3 Å². The van der Waals surface area contributed by atoms with Gasteiger partial charge in [-0.25, -0.2) is 9.78 Å². The normalized spacial score (nSPS) is 10.8. The van der Waals surface area contributed by atoms with E-state index in [4.69, 9.17) is 13.9 Å². The monoisotopic (exact) mass is 275 g/mol. The molecule has 0 amide bonds. The Morgan fingerprint density at radius 1 is 1.45 bits per heavy atom. The third kappa shape index (κ3) is 3.03. The summed E-state index contributed by atoms with van der Waals surface area (Å²) in [4.78, 5) is 26.1. The molecule has 6 heteroatoms. The van der Waals surface area contributed by atoms with Crippen molar-refractivity contribution in [3.05, 3.63) is 36.2 Å². The highest BCUT2D eigenvalue weighted by molar-refractivity contribution is 5.96. The zero-order chi connectivity index (χ0) is 14.4. The van der Waals surface area contributed by atoms with E-state index in [1.807, 2.05) is 0 Å². The van der Waals surface area contributed by atoms with Crippen molar-refractivity contribution in [1.29, 1.82) is 0 Å². The van der Waals surface area contributed by atoms with Crippen LogP contribution in [-0.2, 0) is 9.53 Å². The summed E-state index contributed by atoms with van der Waals surface area (Å²) in [7, 11) is 0. The maximum Gasteiger partial charge on any atom is 0.330 e. The number of carbonyl (C=O) groups is 2. The smallest absolute Gasteiger partial charge is 0.330 e. The van der Waals surface area contributed by atoms with E-state index in [-0.39, 0.29) is 6.61 Å². The first-order chi connectivity index (χ1) is 9.76. The van der Waals surface area contributed by atoms with Gasteiger partial charge in [0.2, 0.25) is 0 Å². The fourth-order valence-corrected chi connectivity index (χ4v) is 1.64. The van der Waals surface area contributed by atoms with E-state index >= 15 is 0 Å². The number of carbonyl (C=O) groups excluding carboxylic acids is 2. The van der Waals surface area contributed by atoms with Crippen molar-refractivity contribution in [3.63, 3.8) is 0 Å². The van der Waals surface area contributed by atoms with E-state index in [0.29, 0.717) is 35.3 Å². The highest BCUT2D eigenvalue weighted by atomic mass is 16.5. The van der Waals surface area contributed by atoms with Crippen molar-refractivity contribution in [2.75, 3.05) is 13.2 Å². The minimum atomic E-state index is -0.433. The zero-order valence-electron chi connectivity index (χ0n) is 10.9. The Kier molecular flexibility index (Phi) is 4.49. The number of esters is 1. The molecule has 104 valence electrons. The van der Waals surface area contributed by atoms with Crippen molar-refractivity contribution in [2.45, 2.75) is 6.92 Å². The first-order valence-corrected chi connectivity index (χ1v) is 6.03. The maximum atomic E-state index is 11.1. The highest BCUT2D eigenvalue weighted by Crippen LogP contribution is 2.25. The quantitative estimate of drug-likeness (QED) is 0.456. The van der Waals surface area contributed by atoms with Gasteiger partial charge in [0.1, 0.15) is 23.4 Å². The molecule has 0 unspecified atom stereocenters. The molecular formula is C14H13NO5. The van der Waals surface area contributed by atoms with Crippen molar-refractivity contribution >= 4 is 23.4 Å². The first-order valence-electron chi connectivity index (χ1n) is 6.03. The number of fused-ring (bicyclic) bond motifs is 1. The molecule has 0 aliphatic rings. The molecule has 0 atom stereocenters. The fourth-order valence-electron chi connectivity index (χ4n) is 1.64. The SMILES string of the molecule is CCOC(=O)/C=C/COc1ccc2ncoc2c1C=O. The summed E-state index contributed by atoms with van der Waals surface area (Å²) in [6.07, 6.45) is 4.70. The lowest BCUT2D eigenvalue weighted by Crippen LogP contribution is -2.02. The summed E-state index contributed by atoms with van der Waals surface area (Å²) >= 11 is 0. The van der Waals surface area contributed by atoms with Crippen molar-refractivity contribution < 1.29 is 23.5 Å². The second-order valence-corrected chi connectivity index (χ2v) is 3.76. The second-order valence-electron chi connectivity index (χ2n) is 3.76. The second kappa shape index (κ2) is 6.51. The minimum absolute atomic E-state index is 0.138. The third-order valence-corrected chi connectivity index (χ3v) is 2.49. The summed E-state index contributed by atoms with van der Waals surface area (Å²) in [5.41, 5.74) is 1.26. The van der Waals surface area contributed by atoms with Crippen LogP contribution in [0.5, 0.6) is 5.75 Å². The van der Waals surface area contributed by atoms with Gasteiger partial charge < -0.3 is 13.9 Å². The van der Waals surface area contributed by atoms with Gasteiger partial charge in [-0.15, -0.1) is 0 Å². The number of hydrogen-bond donors (Lipinski definition) is 0. The van der Waals surface area contributed by atoms with Crippen LogP contribution in [0.3, 0.4) is 0 Å². The standard InChI is InChI=1S/C14H13NO5/c1-2-18-13(17)4-3-7-19-12-6-5-11-14(10(12)8-16)20-9-15-11/h3-6,8-9H,2,7H2,1H3/b4-3+. The van der Waals surface area contributed by atoms with E-state index in [0.717, 1.165) is 0 Å². The summed E-state index contributed by atoms with van der Waals surface area (Å²) < 4.78 is 15.3. The Morgan fingerprint density at radius 2 is 2.30 bits per heavy atom. The summed E-state index contributed by atoms with van der Waals surface area (Å²) in [6, 6.07) is 3.32. The van der Waals surface area contributed by atoms with Gasteiger partial charge in [-0.2, -0.15) is 0 Å². The number of rotatable bonds is 6. The van der Waals surface area contributed by atoms with E-state index in [1.165, 1.54) is 18.5 Å². The van der Waals surface area contributed by atoms with Gasteiger partial charge in [-0.3, -0.25) is 4.79 Å². The van der Waals surface area contributed by atoms with Crippen LogP contribution in [-0.4, -0.2) is 30.5 Å². The van der Waals surface area contributed by atoms with E-state index in [9.17, 15) is 9.59 Å². The number of aldehydes is 1. The Balaban J connectivity index is 2.06. The van der Waals surface area contributed by atoms with Gasteiger partial charge >= 0.3 is 5.97 Å². The molecular weight excluding hydrogens is 262 g/mol. The summed E-state index contributed by atoms with van der Waals surface area (Å²) in [5.74, 6) is -0.0600. The lowest BCUT2D eigenvalue weighted by molar-refractivity contribution is -0.137. The molecule has 0 aliphatic carbocycles. The maximum absolute atomic E-state index is 11.1. The van der Waals surface area contributed by atoms with Crippen LogP contribution < -0.4 is 4.74 Å².